The van der Waals surface area contributed by atoms with Crippen LogP contribution < -0.4 is 9.47 Å². The minimum Gasteiger partial charge on any atom is -0.494 e. The van der Waals surface area contributed by atoms with Crippen molar-refractivity contribution in [3.63, 3.8) is 0 Å². The molecule has 0 amide bonds. The second-order valence-corrected chi connectivity index (χ2v) is 10.1. The van der Waals surface area contributed by atoms with E-state index in [4.69, 9.17) is 9.47 Å². The molecule has 2 aromatic carbocycles. The quantitative estimate of drug-likeness (QED) is 0.171. The molecule has 37 heavy (non-hydrogen) atoms. The van der Waals surface area contributed by atoms with E-state index in [9.17, 15) is 4.39 Å². The van der Waals surface area contributed by atoms with Crippen LogP contribution >= 0.6 is 0 Å². The molecule has 200 valence electrons. The van der Waals surface area contributed by atoms with E-state index in [1.54, 1.807) is 0 Å². The molecule has 0 N–H and O–H groups in total. The number of hydrogen-bond donors (Lipinski definition) is 0. The van der Waals surface area contributed by atoms with Gasteiger partial charge in [-0.05, 0) is 54.3 Å². The average molecular weight is 507 g/mol. The van der Waals surface area contributed by atoms with Gasteiger partial charge < -0.3 is 9.47 Å². The Labute approximate surface area is 222 Å². The van der Waals surface area contributed by atoms with Crippen LogP contribution in [0.15, 0.2) is 60.9 Å². The molecular weight excluding hydrogens is 463 g/mol. The Hall–Kier alpha value is -2.95. The van der Waals surface area contributed by atoms with E-state index in [0.717, 1.165) is 35.5 Å². The third kappa shape index (κ3) is 10.1. The average Bonchev–Trinajstić information content (AvgIpc) is 2.93. The Bertz CT molecular complexity index is 1000. The maximum Gasteiger partial charge on any atom is 0.159 e. The Morgan fingerprint density at radius 3 is 1.73 bits per heavy atom. The van der Waals surface area contributed by atoms with Crippen molar-refractivity contribution >= 4 is 0 Å². The van der Waals surface area contributed by atoms with Gasteiger partial charge in [-0.15, -0.1) is 0 Å². The number of hydrogen-bond acceptors (Lipinski definition) is 4. The standard InChI is InChI=1S/C32H43FN2O2/c1-4-5-6-7-8-9-10-11-12-21-36-29-17-13-26(14-18-29)28-22-34-32(35-23-28)27-15-19-30(20-16-27)37-24-31(33)25(2)3/h13-20,22-23,25,31H,4-12,21,24H2,1-3H3. The smallest absolute Gasteiger partial charge is 0.159 e. The van der Waals surface area contributed by atoms with E-state index in [-0.39, 0.29) is 12.5 Å². The second-order valence-electron chi connectivity index (χ2n) is 10.1. The van der Waals surface area contributed by atoms with Gasteiger partial charge in [0.25, 0.3) is 0 Å². The molecule has 4 nitrogen and oxygen atoms in total. The Morgan fingerprint density at radius 1 is 0.649 bits per heavy atom. The van der Waals surface area contributed by atoms with Crippen molar-refractivity contribution < 1.29 is 13.9 Å². The summed E-state index contributed by atoms with van der Waals surface area (Å²) < 4.78 is 25.2. The monoisotopic (exact) mass is 506 g/mol. The molecule has 1 aromatic heterocycles. The van der Waals surface area contributed by atoms with Gasteiger partial charge >= 0.3 is 0 Å². The largest absolute Gasteiger partial charge is 0.494 e. The Kier molecular flexibility index (Phi) is 12.4. The van der Waals surface area contributed by atoms with Gasteiger partial charge in [-0.3, -0.25) is 0 Å². The van der Waals surface area contributed by atoms with Crippen LogP contribution in [0.25, 0.3) is 22.5 Å². The first kappa shape index (κ1) is 28.6. The molecule has 0 aliphatic carbocycles. The van der Waals surface area contributed by atoms with Gasteiger partial charge in [-0.1, -0.05) is 84.3 Å². The van der Waals surface area contributed by atoms with Crippen LogP contribution in [-0.2, 0) is 0 Å². The van der Waals surface area contributed by atoms with E-state index >= 15 is 0 Å². The number of halogens is 1. The molecule has 3 rings (SSSR count). The molecule has 0 fully saturated rings. The molecule has 3 aromatic rings. The van der Waals surface area contributed by atoms with Crippen LogP contribution in [0.2, 0.25) is 0 Å². The molecule has 0 radical (unpaired) electrons. The molecule has 0 saturated carbocycles. The van der Waals surface area contributed by atoms with E-state index in [1.807, 2.05) is 74.8 Å². The molecule has 0 saturated heterocycles. The van der Waals surface area contributed by atoms with E-state index < -0.39 is 6.17 Å². The van der Waals surface area contributed by atoms with Crippen LogP contribution in [0.1, 0.15) is 78.6 Å². The maximum atomic E-state index is 13.7. The summed E-state index contributed by atoms with van der Waals surface area (Å²) in [5.41, 5.74) is 2.90. The zero-order valence-electron chi connectivity index (χ0n) is 22.8. The van der Waals surface area contributed by atoms with E-state index in [0.29, 0.717) is 11.6 Å². The van der Waals surface area contributed by atoms with Crippen molar-refractivity contribution in [1.29, 1.82) is 0 Å². The summed E-state index contributed by atoms with van der Waals surface area (Å²) in [5.74, 6) is 2.13. The third-order valence-electron chi connectivity index (χ3n) is 6.60. The fraction of sp³-hybridized carbons (Fsp3) is 0.500. The van der Waals surface area contributed by atoms with E-state index in [2.05, 4.69) is 16.9 Å². The van der Waals surface area contributed by atoms with Crippen molar-refractivity contribution in [3.05, 3.63) is 60.9 Å². The van der Waals surface area contributed by atoms with Crippen molar-refractivity contribution in [3.8, 4) is 34.0 Å². The Morgan fingerprint density at radius 2 is 1.16 bits per heavy atom. The first-order chi connectivity index (χ1) is 18.1. The lowest BCUT2D eigenvalue weighted by atomic mass is 10.1. The molecule has 0 aliphatic rings. The summed E-state index contributed by atoms with van der Waals surface area (Å²) in [4.78, 5) is 9.07. The summed E-state index contributed by atoms with van der Waals surface area (Å²) in [6.07, 6.45) is 14.5. The first-order valence-corrected chi connectivity index (χ1v) is 14.0. The SMILES string of the molecule is CCCCCCCCCCCOc1ccc(-c2cnc(-c3ccc(OCC(F)C(C)C)cc3)nc2)cc1. The molecule has 1 heterocycles. The summed E-state index contributed by atoms with van der Waals surface area (Å²) in [7, 11) is 0. The molecule has 0 bridgehead atoms. The lowest BCUT2D eigenvalue weighted by Crippen LogP contribution is -2.18. The van der Waals surface area contributed by atoms with Crippen LogP contribution in [-0.4, -0.2) is 29.4 Å². The zero-order valence-corrected chi connectivity index (χ0v) is 22.8. The number of ether oxygens (including phenoxy) is 2. The minimum absolute atomic E-state index is 0.0561. The van der Waals surface area contributed by atoms with Crippen molar-refractivity contribution in [2.75, 3.05) is 13.2 Å². The predicted octanol–water partition coefficient (Wildman–Crippen LogP) is 9.09. The highest BCUT2D eigenvalue weighted by atomic mass is 19.1. The summed E-state index contributed by atoms with van der Waals surface area (Å²) in [5, 5.41) is 0. The number of nitrogens with zero attached hydrogens (tertiary/aromatic N) is 2. The normalized spacial score (nSPS) is 12.0. The number of aromatic nitrogens is 2. The fourth-order valence-corrected chi connectivity index (χ4v) is 4.04. The first-order valence-electron chi connectivity index (χ1n) is 14.0. The second kappa shape index (κ2) is 16.0. The molecular formula is C32H43FN2O2. The Balaban J connectivity index is 1.40. The van der Waals surface area contributed by atoms with Gasteiger partial charge in [-0.2, -0.15) is 0 Å². The van der Waals surface area contributed by atoms with E-state index in [1.165, 1.54) is 51.4 Å². The number of alkyl halides is 1. The summed E-state index contributed by atoms with van der Waals surface area (Å²) in [6, 6.07) is 15.6. The highest BCUT2D eigenvalue weighted by molar-refractivity contribution is 5.64. The highest BCUT2D eigenvalue weighted by Gasteiger charge is 2.12. The highest BCUT2D eigenvalue weighted by Crippen LogP contribution is 2.24. The zero-order chi connectivity index (χ0) is 26.3. The number of benzene rings is 2. The number of unbranched alkanes of at least 4 members (excludes halogenated alkanes) is 8. The van der Waals surface area contributed by atoms with Gasteiger partial charge in [0, 0.05) is 23.5 Å². The van der Waals surface area contributed by atoms with Crippen LogP contribution in [0.3, 0.4) is 0 Å². The van der Waals surface area contributed by atoms with Crippen LogP contribution in [0.5, 0.6) is 11.5 Å². The summed E-state index contributed by atoms with van der Waals surface area (Å²) >= 11 is 0. The van der Waals surface area contributed by atoms with Gasteiger partial charge in [0.05, 0.1) is 6.61 Å². The lowest BCUT2D eigenvalue weighted by Gasteiger charge is -2.13. The number of rotatable bonds is 17. The van der Waals surface area contributed by atoms with Gasteiger partial charge in [0.15, 0.2) is 5.82 Å². The molecule has 5 heteroatoms. The molecule has 1 atom stereocenters. The van der Waals surface area contributed by atoms with Crippen molar-refractivity contribution in [2.24, 2.45) is 5.92 Å². The molecule has 0 spiro atoms. The topological polar surface area (TPSA) is 44.2 Å². The molecule has 1 unspecified atom stereocenters. The fourth-order valence-electron chi connectivity index (χ4n) is 4.04. The lowest BCUT2D eigenvalue weighted by molar-refractivity contribution is 0.155. The van der Waals surface area contributed by atoms with Gasteiger partial charge in [0.1, 0.15) is 24.3 Å². The van der Waals surface area contributed by atoms with Crippen molar-refractivity contribution in [2.45, 2.75) is 84.7 Å². The van der Waals surface area contributed by atoms with Gasteiger partial charge in [-0.25, -0.2) is 14.4 Å². The predicted molar refractivity (Wildman–Crippen MR) is 151 cm³/mol. The van der Waals surface area contributed by atoms with Crippen molar-refractivity contribution in [1.82, 2.24) is 9.97 Å². The van der Waals surface area contributed by atoms with Gasteiger partial charge in [0.2, 0.25) is 0 Å². The molecule has 0 aliphatic heterocycles. The van der Waals surface area contributed by atoms with Crippen LogP contribution in [0.4, 0.5) is 4.39 Å². The summed E-state index contributed by atoms with van der Waals surface area (Å²) in [6.45, 7) is 6.78. The minimum atomic E-state index is -0.976. The van der Waals surface area contributed by atoms with Crippen LogP contribution in [0, 0.1) is 5.92 Å². The maximum absolute atomic E-state index is 13.7. The third-order valence-corrected chi connectivity index (χ3v) is 6.60.